The minimum Gasteiger partial charge on any atom is -0.316 e. The second kappa shape index (κ2) is 3.38. The summed E-state index contributed by atoms with van der Waals surface area (Å²) in [6, 6.07) is 0. The Morgan fingerprint density at radius 1 is 1.40 bits per heavy atom. The van der Waals surface area contributed by atoms with Crippen molar-refractivity contribution in [3.8, 4) is 0 Å². The van der Waals surface area contributed by atoms with Crippen LogP contribution in [0.15, 0.2) is 0 Å². The van der Waals surface area contributed by atoms with Crippen molar-refractivity contribution in [3.63, 3.8) is 0 Å². The third-order valence-corrected chi connectivity index (χ3v) is 3.98. The number of amides is 1. The molecular formula is C6H5ClF5NOS. The van der Waals surface area contributed by atoms with Gasteiger partial charge in [0.1, 0.15) is 0 Å². The smallest absolute Gasteiger partial charge is 0.316 e. The maximum atomic E-state index is 12.8. The van der Waals surface area contributed by atoms with Crippen molar-refractivity contribution in [1.29, 1.82) is 0 Å². The molecule has 1 fully saturated rings. The number of hydrogen-bond donors (Lipinski definition) is 0. The Morgan fingerprint density at radius 3 is 2.00 bits per heavy atom. The van der Waals surface area contributed by atoms with Gasteiger partial charge in [0.2, 0.25) is 5.91 Å². The van der Waals surface area contributed by atoms with Crippen LogP contribution in [0.2, 0.25) is 0 Å². The molecule has 2 nitrogen and oxygen atoms in total. The van der Waals surface area contributed by atoms with Gasteiger partial charge in [0.05, 0.1) is 5.75 Å². The summed E-state index contributed by atoms with van der Waals surface area (Å²) >= 11 is 4.26. The van der Waals surface area contributed by atoms with E-state index in [0.29, 0.717) is 7.05 Å². The molecule has 1 unspecified atom stereocenters. The Balaban J connectivity index is 3.28. The highest BCUT2D eigenvalue weighted by molar-refractivity contribution is 8.01. The van der Waals surface area contributed by atoms with Gasteiger partial charge in [0, 0.05) is 7.05 Å². The molecule has 1 rings (SSSR count). The van der Waals surface area contributed by atoms with Crippen LogP contribution < -0.4 is 0 Å². The largest absolute Gasteiger partial charge is 0.428 e. The summed E-state index contributed by atoms with van der Waals surface area (Å²) in [5, 5.41) is -4.57. The molecule has 9 heteroatoms. The lowest BCUT2D eigenvalue weighted by Crippen LogP contribution is -2.61. The first-order valence-corrected chi connectivity index (χ1v) is 4.94. The van der Waals surface area contributed by atoms with E-state index in [9.17, 15) is 26.7 Å². The highest BCUT2D eigenvalue weighted by Gasteiger charge is 2.75. The highest BCUT2D eigenvalue weighted by atomic mass is 35.5. The Kier molecular flexibility index (Phi) is 2.89. The molecule has 0 radical (unpaired) electrons. The van der Waals surface area contributed by atoms with Crippen LogP contribution in [-0.2, 0) is 4.79 Å². The molecule has 0 aromatic carbocycles. The molecule has 0 saturated carbocycles. The topological polar surface area (TPSA) is 20.3 Å². The molecule has 0 spiro atoms. The first kappa shape index (κ1) is 12.8. The van der Waals surface area contributed by atoms with Crippen molar-refractivity contribution >= 4 is 29.3 Å². The zero-order valence-electron chi connectivity index (χ0n) is 7.24. The van der Waals surface area contributed by atoms with Gasteiger partial charge < -0.3 is 4.90 Å². The van der Waals surface area contributed by atoms with Crippen molar-refractivity contribution < 1.29 is 26.7 Å². The fourth-order valence-electron chi connectivity index (χ4n) is 1.24. The quantitative estimate of drug-likeness (QED) is 0.538. The van der Waals surface area contributed by atoms with Gasteiger partial charge in [0.25, 0.3) is 4.87 Å². The number of rotatable bonds is 1. The van der Waals surface area contributed by atoms with Crippen LogP contribution in [-0.4, -0.2) is 40.0 Å². The first-order chi connectivity index (χ1) is 6.54. The van der Waals surface area contributed by atoms with Gasteiger partial charge >= 0.3 is 11.6 Å². The maximum absolute atomic E-state index is 12.8. The van der Waals surface area contributed by atoms with Crippen LogP contribution in [0.1, 0.15) is 0 Å². The maximum Gasteiger partial charge on any atom is 0.428 e. The third kappa shape index (κ3) is 1.67. The molecule has 0 aliphatic carbocycles. The lowest BCUT2D eigenvalue weighted by atomic mass is 10.2. The number of halogens is 6. The summed E-state index contributed by atoms with van der Waals surface area (Å²) in [5.74, 6) is -1.70. The van der Waals surface area contributed by atoms with Gasteiger partial charge in [-0.3, -0.25) is 4.79 Å². The number of alkyl halides is 6. The van der Waals surface area contributed by atoms with Crippen molar-refractivity contribution in [2.75, 3.05) is 12.8 Å². The van der Waals surface area contributed by atoms with E-state index in [-0.39, 0.29) is 16.7 Å². The average Bonchev–Trinajstić information content (AvgIpc) is 2.26. The zero-order chi connectivity index (χ0) is 12.1. The summed E-state index contributed by atoms with van der Waals surface area (Å²) in [4.78, 5) is 7.18. The molecule has 0 aromatic heterocycles. The molecule has 1 aliphatic heterocycles. The van der Waals surface area contributed by atoms with Crippen LogP contribution in [0.5, 0.6) is 0 Å². The van der Waals surface area contributed by atoms with Crippen LogP contribution >= 0.6 is 23.4 Å². The highest BCUT2D eigenvalue weighted by Crippen LogP contribution is 2.57. The van der Waals surface area contributed by atoms with Crippen molar-refractivity contribution in [1.82, 2.24) is 4.90 Å². The molecule has 1 aliphatic rings. The Morgan fingerprint density at radius 2 is 1.87 bits per heavy atom. The summed E-state index contributed by atoms with van der Waals surface area (Å²) in [5.41, 5.74) is 0. The number of thioether (sulfide) groups is 1. The average molecular weight is 270 g/mol. The Labute approximate surface area is 90.7 Å². The van der Waals surface area contributed by atoms with Gasteiger partial charge in [-0.2, -0.15) is 22.0 Å². The number of hydrogen-bond acceptors (Lipinski definition) is 2. The zero-order valence-corrected chi connectivity index (χ0v) is 8.81. The van der Waals surface area contributed by atoms with Crippen molar-refractivity contribution in [2.45, 2.75) is 16.4 Å². The second-order valence-electron chi connectivity index (χ2n) is 2.88. The van der Waals surface area contributed by atoms with Crippen LogP contribution in [0.4, 0.5) is 22.0 Å². The van der Waals surface area contributed by atoms with Gasteiger partial charge in [-0.25, -0.2) is 0 Å². The van der Waals surface area contributed by atoms with E-state index in [1.807, 2.05) is 0 Å². The monoisotopic (exact) mass is 269 g/mol. The van der Waals surface area contributed by atoms with Crippen LogP contribution in [0.3, 0.4) is 0 Å². The van der Waals surface area contributed by atoms with E-state index in [2.05, 4.69) is 11.6 Å². The molecule has 0 N–H and O–H groups in total. The van der Waals surface area contributed by atoms with Gasteiger partial charge in [-0.05, 0) is 11.6 Å². The van der Waals surface area contributed by atoms with Gasteiger partial charge in [0.15, 0.2) is 0 Å². The molecule has 1 amide bonds. The molecule has 15 heavy (non-hydrogen) atoms. The summed E-state index contributed by atoms with van der Waals surface area (Å²) in [6.45, 7) is 0. The minimum absolute atomic E-state index is 0.0509. The van der Waals surface area contributed by atoms with Crippen molar-refractivity contribution in [3.05, 3.63) is 0 Å². The fraction of sp³-hybridized carbons (Fsp3) is 0.833. The lowest BCUT2D eigenvalue weighted by Gasteiger charge is -2.38. The van der Waals surface area contributed by atoms with E-state index in [0.717, 1.165) is 0 Å². The first-order valence-electron chi connectivity index (χ1n) is 3.58. The SMILES string of the molecule is CN1C(=O)CSC1(C(F)(F)F)C(F)(F)Cl. The minimum atomic E-state index is -5.30. The molecule has 1 saturated heterocycles. The summed E-state index contributed by atoms with van der Waals surface area (Å²) in [6.07, 6.45) is -5.30. The Hall–Kier alpha value is -0.240. The Bertz CT molecular complexity index is 274. The van der Waals surface area contributed by atoms with Crippen LogP contribution in [0.25, 0.3) is 0 Å². The molecule has 0 aromatic rings. The van der Waals surface area contributed by atoms with Gasteiger partial charge in [-0.15, -0.1) is 11.8 Å². The molecule has 1 atom stereocenters. The number of carbonyl (C=O) groups is 1. The van der Waals surface area contributed by atoms with Crippen LogP contribution in [0, 0.1) is 0 Å². The summed E-state index contributed by atoms with van der Waals surface area (Å²) in [7, 11) is 0.659. The third-order valence-electron chi connectivity index (χ3n) is 2.02. The molecule has 88 valence electrons. The number of nitrogens with zero attached hydrogens (tertiary/aromatic N) is 1. The normalized spacial score (nSPS) is 28.7. The predicted molar refractivity (Wildman–Crippen MR) is 44.8 cm³/mol. The van der Waals surface area contributed by atoms with E-state index in [1.54, 1.807) is 0 Å². The van der Waals surface area contributed by atoms with E-state index >= 15 is 0 Å². The summed E-state index contributed by atoms with van der Waals surface area (Å²) < 4.78 is 63.3. The molecular weight excluding hydrogens is 265 g/mol. The van der Waals surface area contributed by atoms with E-state index in [1.165, 1.54) is 0 Å². The second-order valence-corrected chi connectivity index (χ2v) is 4.52. The lowest BCUT2D eigenvalue weighted by molar-refractivity contribution is -0.233. The van der Waals surface area contributed by atoms with Gasteiger partial charge in [-0.1, -0.05) is 0 Å². The molecule has 1 heterocycles. The fourth-order valence-corrected chi connectivity index (χ4v) is 2.79. The van der Waals surface area contributed by atoms with E-state index in [4.69, 9.17) is 0 Å². The number of carbonyl (C=O) groups excluding carboxylic acids is 1. The standard InChI is InChI=1S/C6H5ClF5NOS/c1-13-3(14)2-15-4(13,5(7,8)9)6(10,11)12/h2H2,1H3. The van der Waals surface area contributed by atoms with E-state index < -0.39 is 28.1 Å². The predicted octanol–water partition coefficient (Wildman–Crippen LogP) is 2.28. The van der Waals surface area contributed by atoms with Crippen molar-refractivity contribution in [2.24, 2.45) is 0 Å². The molecule has 0 bridgehead atoms.